The molecule has 0 spiro atoms. The summed E-state index contributed by atoms with van der Waals surface area (Å²) in [4.78, 5) is 0. The van der Waals surface area contributed by atoms with Crippen LogP contribution in [0.1, 0.15) is 58.2 Å². The van der Waals surface area contributed by atoms with Crippen molar-refractivity contribution >= 4 is 36.5 Å². The molecule has 48 heavy (non-hydrogen) atoms. The molecule has 0 bridgehead atoms. The molecule has 0 aliphatic rings. The Kier molecular flexibility index (Phi) is 14.1. The van der Waals surface area contributed by atoms with Gasteiger partial charge in [-0.3, -0.25) is 0 Å². The maximum atomic E-state index is 11.8. The van der Waals surface area contributed by atoms with Gasteiger partial charge in [0, 0.05) is 0 Å². The van der Waals surface area contributed by atoms with Crippen LogP contribution in [0.5, 0.6) is 0 Å². The molecule has 0 saturated heterocycles. The van der Waals surface area contributed by atoms with Gasteiger partial charge in [0.05, 0.1) is 0 Å². The summed E-state index contributed by atoms with van der Waals surface area (Å²) in [6.45, 7) is 13.7. The van der Waals surface area contributed by atoms with Crippen molar-refractivity contribution in [3.05, 3.63) is 168 Å². The number of fused-ring (bicyclic) bond motifs is 4. The quantitative estimate of drug-likeness (QED) is 0.137. The summed E-state index contributed by atoms with van der Waals surface area (Å²) in [5.41, 5.74) is 2.54. The minimum absolute atomic E-state index is 0.194. The Balaban J connectivity index is 0.000000193. The SMILES string of the molecule is CC(C)(C)c1ccc2[cH-]c3ccc(C(C)(C)C)cc3c2c1.FC(F)(F)c1c[c-]ccc1.[CH2]=[Zr].[c-]1cccc2ccccc12.c1cc[cH-]c1. The van der Waals surface area contributed by atoms with Gasteiger partial charge < -0.3 is 0 Å². The molecule has 0 amide bonds. The Morgan fingerprint density at radius 1 is 0.604 bits per heavy atom. The Morgan fingerprint density at radius 3 is 1.54 bits per heavy atom. The first-order valence-corrected chi connectivity index (χ1v) is 17.5. The van der Waals surface area contributed by atoms with Gasteiger partial charge >= 0.3 is 34.6 Å². The van der Waals surface area contributed by atoms with Crippen LogP contribution in [0.3, 0.4) is 0 Å². The fourth-order valence-corrected chi connectivity index (χ4v) is 4.89. The van der Waals surface area contributed by atoms with E-state index in [-0.39, 0.29) is 10.8 Å². The van der Waals surface area contributed by atoms with E-state index in [0.29, 0.717) is 0 Å². The van der Waals surface area contributed by atoms with E-state index in [1.807, 2.05) is 54.6 Å². The molecular formula is C44H43F3Zr-4. The molecule has 0 radical (unpaired) electrons. The number of rotatable bonds is 0. The predicted molar refractivity (Wildman–Crippen MR) is 197 cm³/mol. The van der Waals surface area contributed by atoms with Crippen molar-refractivity contribution in [3.63, 3.8) is 0 Å². The largest absolute Gasteiger partial charge is 0.214 e. The Labute approximate surface area is 299 Å². The molecule has 0 unspecified atom stereocenters. The van der Waals surface area contributed by atoms with Gasteiger partial charge in [-0.15, -0.1) is 86.9 Å². The van der Waals surface area contributed by atoms with E-state index in [1.165, 1.54) is 79.8 Å². The zero-order chi connectivity index (χ0) is 35.4. The normalized spacial score (nSPS) is 11.2. The van der Waals surface area contributed by atoms with Crippen molar-refractivity contribution < 1.29 is 37.4 Å². The Morgan fingerprint density at radius 2 is 1.12 bits per heavy atom. The van der Waals surface area contributed by atoms with Gasteiger partial charge in [-0.1, -0.05) is 94.6 Å². The molecule has 248 valence electrons. The molecule has 0 saturated carbocycles. The maximum Gasteiger partial charge on any atom is -0.0801 e. The summed E-state index contributed by atoms with van der Waals surface area (Å²) in [6.07, 6.45) is -4.24. The van der Waals surface area contributed by atoms with Crippen molar-refractivity contribution in [3.8, 4) is 0 Å². The second kappa shape index (κ2) is 17.5. The van der Waals surface area contributed by atoms with Crippen LogP contribution in [0, 0.1) is 12.1 Å². The van der Waals surface area contributed by atoms with E-state index < -0.39 is 11.7 Å². The first kappa shape index (κ1) is 38.6. The van der Waals surface area contributed by atoms with Crippen LogP contribution in [-0.2, 0) is 41.2 Å². The Hall–Kier alpha value is -3.88. The number of benzene rings is 5. The van der Waals surface area contributed by atoms with Crippen LogP contribution >= 0.6 is 0 Å². The number of hydrogen-bond donors (Lipinski definition) is 0. The second-order valence-electron chi connectivity index (χ2n) is 13.3. The first-order valence-electron chi connectivity index (χ1n) is 15.8. The molecule has 0 heterocycles. The van der Waals surface area contributed by atoms with E-state index in [4.69, 9.17) is 0 Å². The van der Waals surface area contributed by atoms with E-state index in [9.17, 15) is 13.2 Å². The van der Waals surface area contributed by atoms with Gasteiger partial charge in [-0.05, 0) is 10.8 Å². The number of halogens is 3. The smallest absolute Gasteiger partial charge is 0.0801 e. The minimum atomic E-state index is -4.24. The third-order valence-corrected chi connectivity index (χ3v) is 7.60. The summed E-state index contributed by atoms with van der Waals surface area (Å²) >= 11 is 1.30. The van der Waals surface area contributed by atoms with Crippen LogP contribution in [0.4, 0.5) is 13.2 Å². The van der Waals surface area contributed by atoms with Crippen LogP contribution in [0.25, 0.3) is 32.3 Å². The van der Waals surface area contributed by atoms with Crippen LogP contribution in [-0.4, -0.2) is 4.21 Å². The van der Waals surface area contributed by atoms with Crippen LogP contribution < -0.4 is 0 Å². The molecule has 0 aliphatic carbocycles. The van der Waals surface area contributed by atoms with Crippen molar-refractivity contribution in [1.29, 1.82) is 0 Å². The first-order chi connectivity index (χ1) is 22.7. The van der Waals surface area contributed by atoms with Crippen molar-refractivity contribution in [2.24, 2.45) is 0 Å². The van der Waals surface area contributed by atoms with Gasteiger partial charge in [-0.25, -0.2) is 12.1 Å². The van der Waals surface area contributed by atoms with Gasteiger partial charge in [0.1, 0.15) is 0 Å². The van der Waals surface area contributed by atoms with Crippen molar-refractivity contribution in [2.75, 3.05) is 0 Å². The molecule has 7 aromatic carbocycles. The average Bonchev–Trinajstić information content (AvgIpc) is 3.77. The van der Waals surface area contributed by atoms with E-state index in [0.717, 1.165) is 12.1 Å². The van der Waals surface area contributed by atoms with Gasteiger partial charge in [-0.2, -0.15) is 61.7 Å². The summed E-state index contributed by atoms with van der Waals surface area (Å²) in [5, 5.41) is 7.93. The van der Waals surface area contributed by atoms with Crippen molar-refractivity contribution in [1.82, 2.24) is 0 Å². The monoisotopic (exact) mass is 718 g/mol. The minimum Gasteiger partial charge on any atom is -0.214 e. The van der Waals surface area contributed by atoms with Crippen LogP contribution in [0.15, 0.2) is 140 Å². The molecule has 0 fully saturated rings. The topological polar surface area (TPSA) is 0 Å². The zero-order valence-corrected chi connectivity index (χ0v) is 31.1. The third kappa shape index (κ3) is 11.4. The standard InChI is InChI=1S/C21H25.C10H7.C7H4F3.C5H5.CH2.Zr/c1-20(2,3)16-9-7-14-11-15-8-10-17(21(4,5)6)13-19(15)18(14)12-16;1-2-6-10-8-4-3-7-9(10)5-1;8-7(9,10)6-4-2-1-3-5-6;1-2-4-5-3-1;;/h7-13H,1-6H3;1-7H;1-2,4-5H;1-5H;1H2;/q4*-1;;. The molecule has 0 atom stereocenters. The van der Waals surface area contributed by atoms with E-state index in [1.54, 1.807) is 0 Å². The molecule has 7 aromatic rings. The third-order valence-electron chi connectivity index (χ3n) is 7.60. The molecule has 0 aliphatic heterocycles. The molecular weight excluding hydrogens is 677 g/mol. The summed E-state index contributed by atoms with van der Waals surface area (Å²) < 4.78 is 38.6. The van der Waals surface area contributed by atoms with E-state index in [2.05, 4.69) is 119 Å². The molecule has 0 aromatic heterocycles. The summed E-state index contributed by atoms with van der Waals surface area (Å²) in [7, 11) is 0. The maximum absolute atomic E-state index is 11.8. The van der Waals surface area contributed by atoms with Gasteiger partial charge in [0.25, 0.3) is 0 Å². The molecule has 0 nitrogen and oxygen atoms in total. The fourth-order valence-electron chi connectivity index (χ4n) is 4.89. The summed E-state index contributed by atoms with van der Waals surface area (Å²) in [6, 6.07) is 50.6. The average molecular weight is 720 g/mol. The predicted octanol–water partition coefficient (Wildman–Crippen LogP) is 12.8. The fraction of sp³-hybridized carbons (Fsp3) is 0.205. The molecule has 0 N–H and O–H groups in total. The number of hydrogen-bond acceptors (Lipinski definition) is 0. The van der Waals surface area contributed by atoms with E-state index >= 15 is 0 Å². The zero-order valence-electron chi connectivity index (χ0n) is 28.6. The van der Waals surface area contributed by atoms with Crippen LogP contribution in [0.2, 0.25) is 0 Å². The molecule has 7 rings (SSSR count). The molecule has 4 heteroatoms. The van der Waals surface area contributed by atoms with Gasteiger partial charge in [0.15, 0.2) is 0 Å². The number of alkyl halides is 3. The second-order valence-corrected chi connectivity index (χ2v) is 13.3. The summed E-state index contributed by atoms with van der Waals surface area (Å²) in [5.74, 6) is 0. The van der Waals surface area contributed by atoms with Crippen molar-refractivity contribution in [2.45, 2.75) is 58.5 Å². The Bertz CT molecular complexity index is 1800. The van der Waals surface area contributed by atoms with Gasteiger partial charge in [0.2, 0.25) is 0 Å².